The van der Waals surface area contributed by atoms with Crippen molar-refractivity contribution < 1.29 is 9.69 Å². The Bertz CT molecular complexity index is 519. The summed E-state index contributed by atoms with van der Waals surface area (Å²) in [6, 6.07) is 6.52. The second kappa shape index (κ2) is 8.34. The highest BCUT2D eigenvalue weighted by molar-refractivity contribution is 5.76. The maximum absolute atomic E-state index is 12.0. The summed E-state index contributed by atoms with van der Waals surface area (Å²) in [6.45, 7) is 14.3. The predicted molar refractivity (Wildman–Crippen MR) is 96.2 cm³/mol. The Morgan fingerprint density at radius 3 is 2.61 bits per heavy atom. The van der Waals surface area contributed by atoms with Crippen LogP contribution in [-0.4, -0.2) is 45.2 Å². The van der Waals surface area contributed by atoms with Crippen molar-refractivity contribution in [2.75, 3.05) is 44.2 Å². The molecule has 1 heterocycles. The number of piperazine rings is 1. The van der Waals surface area contributed by atoms with Gasteiger partial charge >= 0.3 is 0 Å². The fraction of sp³-hybridized carbons (Fsp3) is 0.632. The average molecular weight is 318 g/mol. The van der Waals surface area contributed by atoms with Crippen molar-refractivity contribution in [2.24, 2.45) is 5.92 Å². The molecule has 1 aliphatic heterocycles. The quantitative estimate of drug-likeness (QED) is 0.826. The van der Waals surface area contributed by atoms with Gasteiger partial charge in [0.25, 0.3) is 5.91 Å². The molecule has 1 fully saturated rings. The molecule has 2 N–H and O–H groups in total. The van der Waals surface area contributed by atoms with E-state index >= 15 is 0 Å². The molecule has 1 aliphatic rings. The minimum Gasteiger partial charge on any atom is -0.360 e. The lowest BCUT2D eigenvalue weighted by Crippen LogP contribution is -3.16. The van der Waals surface area contributed by atoms with E-state index in [0.717, 1.165) is 39.1 Å². The van der Waals surface area contributed by atoms with Gasteiger partial charge in [0.2, 0.25) is 0 Å². The van der Waals surface area contributed by atoms with Gasteiger partial charge in [0.05, 0.1) is 26.2 Å². The van der Waals surface area contributed by atoms with Gasteiger partial charge in [-0.2, -0.15) is 0 Å². The molecule has 2 rings (SSSR count). The second-order valence-corrected chi connectivity index (χ2v) is 7.17. The number of anilines is 1. The number of benzene rings is 1. The van der Waals surface area contributed by atoms with Gasteiger partial charge in [-0.3, -0.25) is 4.79 Å². The van der Waals surface area contributed by atoms with Gasteiger partial charge in [-0.1, -0.05) is 26.0 Å². The largest absolute Gasteiger partial charge is 0.360 e. The van der Waals surface area contributed by atoms with Gasteiger partial charge in [0, 0.05) is 12.2 Å². The molecule has 1 saturated heterocycles. The average Bonchev–Trinajstić information content (AvgIpc) is 2.50. The van der Waals surface area contributed by atoms with Crippen molar-refractivity contribution >= 4 is 11.6 Å². The highest BCUT2D eigenvalue weighted by atomic mass is 16.2. The molecule has 0 unspecified atom stereocenters. The van der Waals surface area contributed by atoms with E-state index in [-0.39, 0.29) is 5.91 Å². The molecule has 0 spiro atoms. The second-order valence-electron chi connectivity index (χ2n) is 7.17. The van der Waals surface area contributed by atoms with E-state index in [4.69, 9.17) is 0 Å². The highest BCUT2D eigenvalue weighted by Crippen LogP contribution is 2.22. The molecule has 23 heavy (non-hydrogen) atoms. The highest BCUT2D eigenvalue weighted by Gasteiger charge is 2.23. The van der Waals surface area contributed by atoms with Crippen LogP contribution in [0, 0.1) is 19.8 Å². The van der Waals surface area contributed by atoms with Crippen molar-refractivity contribution in [1.29, 1.82) is 0 Å². The first-order valence-corrected chi connectivity index (χ1v) is 8.88. The summed E-state index contributed by atoms with van der Waals surface area (Å²) >= 11 is 0. The number of carbonyl (C=O) groups excluding carboxylic acids is 1. The normalized spacial score (nSPS) is 16.0. The number of amides is 1. The lowest BCUT2D eigenvalue weighted by atomic mass is 10.1. The molecule has 1 aromatic rings. The standard InChI is InChI=1S/C19H31N3O/c1-15(2)8-9-20-19(23)14-21-10-12-22(13-11-21)18-7-5-6-16(3)17(18)4/h5-7,15H,8-14H2,1-4H3,(H,20,23)/p+1. The minimum absolute atomic E-state index is 0.195. The van der Waals surface area contributed by atoms with E-state index in [1.807, 2.05) is 0 Å². The molecule has 0 saturated carbocycles. The molecule has 0 aliphatic carbocycles. The Kier molecular flexibility index (Phi) is 6.46. The number of hydrogen-bond acceptors (Lipinski definition) is 2. The number of carbonyl (C=O) groups is 1. The van der Waals surface area contributed by atoms with Crippen molar-refractivity contribution in [3.05, 3.63) is 29.3 Å². The Balaban J connectivity index is 1.77. The zero-order valence-corrected chi connectivity index (χ0v) is 15.1. The summed E-state index contributed by atoms with van der Waals surface area (Å²) < 4.78 is 0. The van der Waals surface area contributed by atoms with E-state index in [9.17, 15) is 4.79 Å². The SMILES string of the molecule is Cc1cccc(N2CC[NH+](CC(=O)NCCC(C)C)CC2)c1C. The molecule has 0 aromatic heterocycles. The molecule has 0 atom stereocenters. The van der Waals surface area contributed by atoms with Gasteiger partial charge < -0.3 is 15.1 Å². The Morgan fingerprint density at radius 1 is 1.26 bits per heavy atom. The molecule has 1 aromatic carbocycles. The summed E-state index contributed by atoms with van der Waals surface area (Å²) in [5, 5.41) is 3.05. The molecule has 4 heteroatoms. The van der Waals surface area contributed by atoms with Crippen molar-refractivity contribution in [1.82, 2.24) is 5.32 Å². The van der Waals surface area contributed by atoms with E-state index < -0.39 is 0 Å². The monoisotopic (exact) mass is 318 g/mol. The third-order valence-corrected chi connectivity index (χ3v) is 4.84. The Labute approximate surface area is 140 Å². The van der Waals surface area contributed by atoms with Gasteiger partial charge in [-0.05, 0) is 43.4 Å². The predicted octanol–water partition coefficient (Wildman–Crippen LogP) is 1.17. The van der Waals surface area contributed by atoms with Crippen molar-refractivity contribution in [3.63, 3.8) is 0 Å². The van der Waals surface area contributed by atoms with Crippen LogP contribution in [0.15, 0.2) is 18.2 Å². The molecular weight excluding hydrogens is 286 g/mol. The van der Waals surface area contributed by atoms with Gasteiger partial charge in [-0.25, -0.2) is 0 Å². The van der Waals surface area contributed by atoms with Gasteiger partial charge in [0.1, 0.15) is 0 Å². The molecule has 1 amide bonds. The Morgan fingerprint density at radius 2 is 1.96 bits per heavy atom. The number of quaternary nitrogens is 1. The smallest absolute Gasteiger partial charge is 0.275 e. The number of aryl methyl sites for hydroxylation is 1. The zero-order chi connectivity index (χ0) is 16.8. The number of hydrogen-bond donors (Lipinski definition) is 2. The third kappa shape index (κ3) is 5.24. The van der Waals surface area contributed by atoms with Crippen LogP contribution < -0.4 is 15.1 Å². The minimum atomic E-state index is 0.195. The van der Waals surface area contributed by atoms with Crippen LogP contribution in [0.25, 0.3) is 0 Å². The fourth-order valence-electron chi connectivity index (χ4n) is 3.11. The number of nitrogens with one attached hydrogen (secondary N) is 2. The van der Waals surface area contributed by atoms with Crippen LogP contribution >= 0.6 is 0 Å². The first kappa shape index (κ1) is 17.8. The molecule has 128 valence electrons. The molecule has 0 radical (unpaired) electrons. The maximum Gasteiger partial charge on any atom is 0.275 e. The lowest BCUT2D eigenvalue weighted by molar-refractivity contribution is -0.892. The van der Waals surface area contributed by atoms with Crippen molar-refractivity contribution in [3.8, 4) is 0 Å². The van der Waals surface area contributed by atoms with Gasteiger partial charge in [-0.15, -0.1) is 0 Å². The third-order valence-electron chi connectivity index (χ3n) is 4.84. The van der Waals surface area contributed by atoms with Crippen LogP contribution in [0.4, 0.5) is 5.69 Å². The topological polar surface area (TPSA) is 36.8 Å². The fourth-order valence-corrected chi connectivity index (χ4v) is 3.11. The van der Waals surface area contributed by atoms with E-state index in [1.54, 1.807) is 0 Å². The van der Waals surface area contributed by atoms with E-state index in [2.05, 4.69) is 56.1 Å². The molecule has 4 nitrogen and oxygen atoms in total. The van der Waals surface area contributed by atoms with Crippen LogP contribution in [0.3, 0.4) is 0 Å². The number of rotatable bonds is 6. The molecular formula is C19H32N3O+. The maximum atomic E-state index is 12.0. The Hall–Kier alpha value is -1.55. The zero-order valence-electron chi connectivity index (χ0n) is 15.1. The van der Waals surface area contributed by atoms with Crippen LogP contribution in [0.2, 0.25) is 0 Å². The molecule has 0 bridgehead atoms. The summed E-state index contributed by atoms with van der Waals surface area (Å²) in [4.78, 5) is 15.9. The lowest BCUT2D eigenvalue weighted by Gasteiger charge is -2.34. The number of nitrogens with zero attached hydrogens (tertiary/aromatic N) is 1. The van der Waals surface area contributed by atoms with Gasteiger partial charge in [0.15, 0.2) is 6.54 Å². The summed E-state index contributed by atoms with van der Waals surface area (Å²) in [5.41, 5.74) is 4.08. The first-order valence-electron chi connectivity index (χ1n) is 8.88. The van der Waals surface area contributed by atoms with E-state index in [1.165, 1.54) is 21.7 Å². The van der Waals surface area contributed by atoms with E-state index in [0.29, 0.717) is 12.5 Å². The summed E-state index contributed by atoms with van der Waals surface area (Å²) in [5.74, 6) is 0.838. The van der Waals surface area contributed by atoms with Crippen LogP contribution in [0.1, 0.15) is 31.4 Å². The van der Waals surface area contributed by atoms with Crippen LogP contribution in [-0.2, 0) is 4.79 Å². The first-order chi connectivity index (χ1) is 11.0. The summed E-state index contributed by atoms with van der Waals surface area (Å²) in [7, 11) is 0. The van der Waals surface area contributed by atoms with Crippen LogP contribution in [0.5, 0.6) is 0 Å². The summed E-state index contributed by atoms with van der Waals surface area (Å²) in [6.07, 6.45) is 1.06. The van der Waals surface area contributed by atoms with Crippen molar-refractivity contribution in [2.45, 2.75) is 34.1 Å².